The molecule has 0 saturated carbocycles. The predicted molar refractivity (Wildman–Crippen MR) is 131 cm³/mol. The van der Waals surface area contributed by atoms with E-state index in [9.17, 15) is 18.4 Å². The van der Waals surface area contributed by atoms with E-state index in [0.29, 0.717) is 12.1 Å². The third kappa shape index (κ3) is 5.98. The molecule has 2 amide bonds. The minimum absolute atomic E-state index is 0.101. The first-order chi connectivity index (χ1) is 16.2. The summed E-state index contributed by atoms with van der Waals surface area (Å²) in [4.78, 5) is 29.5. The third-order valence-corrected chi connectivity index (χ3v) is 5.70. The number of nitrogens with one attached hydrogen (secondary N) is 1. The largest absolute Gasteiger partial charge is 0.377 e. The second-order valence-electron chi connectivity index (χ2n) is 8.40. The van der Waals surface area contributed by atoms with Crippen LogP contribution in [0.25, 0.3) is 0 Å². The lowest BCUT2D eigenvalue weighted by Crippen LogP contribution is -2.38. The molecule has 0 saturated heterocycles. The smallest absolute Gasteiger partial charge is 0.255 e. The van der Waals surface area contributed by atoms with Crippen molar-refractivity contribution >= 4 is 23.2 Å². The number of anilines is 2. The second-order valence-corrected chi connectivity index (χ2v) is 8.40. The molecule has 0 fully saturated rings. The summed E-state index contributed by atoms with van der Waals surface area (Å²) in [5, 5.41) is 2.80. The Morgan fingerprint density at radius 1 is 0.912 bits per heavy atom. The first-order valence-corrected chi connectivity index (χ1v) is 11.1. The Labute approximate surface area is 199 Å². The molecule has 0 aliphatic heterocycles. The molecule has 1 unspecified atom stereocenters. The first-order valence-electron chi connectivity index (χ1n) is 11.1. The number of hydrogen-bond donors (Lipinski definition) is 1. The minimum atomic E-state index is -0.489. The Morgan fingerprint density at radius 3 is 2.12 bits per heavy atom. The molecule has 0 heterocycles. The van der Waals surface area contributed by atoms with Crippen molar-refractivity contribution in [2.45, 2.75) is 32.9 Å². The van der Waals surface area contributed by atoms with Gasteiger partial charge in [-0.2, -0.15) is 0 Å². The fourth-order valence-electron chi connectivity index (χ4n) is 3.68. The Bertz CT molecular complexity index is 1180. The van der Waals surface area contributed by atoms with Crippen LogP contribution in [0.1, 0.15) is 46.5 Å². The van der Waals surface area contributed by atoms with Gasteiger partial charge >= 0.3 is 0 Å². The van der Waals surface area contributed by atoms with E-state index in [2.05, 4.69) is 5.32 Å². The molecule has 0 aliphatic carbocycles. The highest BCUT2D eigenvalue weighted by Gasteiger charge is 2.23. The molecule has 5 nitrogen and oxygen atoms in total. The first kappa shape index (κ1) is 24.9. The van der Waals surface area contributed by atoms with Gasteiger partial charge in [-0.05, 0) is 73.5 Å². The van der Waals surface area contributed by atoms with Crippen LogP contribution in [0.2, 0.25) is 0 Å². The molecular formula is C27H29F2N3O2. The summed E-state index contributed by atoms with van der Waals surface area (Å²) in [6.07, 6.45) is 0.717. The molecule has 3 rings (SSSR count). The number of carbonyl (C=O) groups is 2. The van der Waals surface area contributed by atoms with Gasteiger partial charge in [-0.1, -0.05) is 19.1 Å². The van der Waals surface area contributed by atoms with E-state index >= 15 is 0 Å². The van der Waals surface area contributed by atoms with Crippen molar-refractivity contribution in [2.75, 3.05) is 24.3 Å². The molecule has 7 heteroatoms. The lowest BCUT2D eigenvalue weighted by atomic mass is 10.1. The summed E-state index contributed by atoms with van der Waals surface area (Å²) in [5.74, 6) is -1.66. The molecule has 0 aromatic heterocycles. The zero-order valence-electron chi connectivity index (χ0n) is 19.8. The summed E-state index contributed by atoms with van der Waals surface area (Å²) in [5.41, 5.74) is 2.70. The van der Waals surface area contributed by atoms with Crippen molar-refractivity contribution in [2.24, 2.45) is 0 Å². The van der Waals surface area contributed by atoms with E-state index in [1.165, 1.54) is 42.5 Å². The van der Waals surface area contributed by atoms with Crippen molar-refractivity contribution in [1.29, 1.82) is 0 Å². The van der Waals surface area contributed by atoms with Gasteiger partial charge in [-0.15, -0.1) is 0 Å². The fraction of sp³-hybridized carbons (Fsp3) is 0.259. The van der Waals surface area contributed by atoms with Crippen molar-refractivity contribution in [3.05, 3.63) is 95.1 Å². The highest BCUT2D eigenvalue weighted by atomic mass is 19.1. The number of rotatable bonds is 8. The number of amides is 2. The van der Waals surface area contributed by atoms with Gasteiger partial charge in [0.25, 0.3) is 11.8 Å². The molecule has 0 spiro atoms. The SMILES string of the molecule is CCC(C)N(Cc1cc(NC(=O)c2cccc(F)c2)ccc1N(C)C)C(=O)c1cccc(F)c1. The molecule has 0 aliphatic rings. The van der Waals surface area contributed by atoms with E-state index < -0.39 is 17.5 Å². The second kappa shape index (κ2) is 10.9. The number of benzene rings is 3. The Hall–Kier alpha value is -3.74. The van der Waals surface area contributed by atoms with Crippen molar-refractivity contribution < 1.29 is 18.4 Å². The zero-order chi connectivity index (χ0) is 24.8. The molecule has 0 bridgehead atoms. The minimum Gasteiger partial charge on any atom is -0.377 e. The van der Waals surface area contributed by atoms with E-state index in [0.717, 1.165) is 11.3 Å². The Balaban J connectivity index is 1.93. The van der Waals surface area contributed by atoms with Crippen LogP contribution in [0.5, 0.6) is 0 Å². The predicted octanol–water partition coefficient (Wildman–Crippen LogP) is 5.72. The average Bonchev–Trinajstić information content (AvgIpc) is 2.81. The van der Waals surface area contributed by atoms with Crippen molar-refractivity contribution in [3.63, 3.8) is 0 Å². The van der Waals surface area contributed by atoms with Gasteiger partial charge in [0.1, 0.15) is 11.6 Å². The van der Waals surface area contributed by atoms with Gasteiger partial charge < -0.3 is 15.1 Å². The van der Waals surface area contributed by atoms with Gasteiger partial charge in [0, 0.05) is 49.2 Å². The lowest BCUT2D eigenvalue weighted by Gasteiger charge is -2.31. The molecule has 1 atom stereocenters. The fourth-order valence-corrected chi connectivity index (χ4v) is 3.68. The van der Waals surface area contributed by atoms with Crippen LogP contribution in [0, 0.1) is 11.6 Å². The number of carbonyl (C=O) groups excluding carboxylic acids is 2. The van der Waals surface area contributed by atoms with Crippen LogP contribution in [0.15, 0.2) is 66.7 Å². The summed E-state index contributed by atoms with van der Waals surface area (Å²) < 4.78 is 27.3. The van der Waals surface area contributed by atoms with Crippen LogP contribution in [-0.2, 0) is 6.54 Å². The maximum absolute atomic E-state index is 13.8. The van der Waals surface area contributed by atoms with E-state index in [-0.39, 0.29) is 29.6 Å². The number of nitrogens with zero attached hydrogens (tertiary/aromatic N) is 2. The molecule has 178 valence electrons. The van der Waals surface area contributed by atoms with Crippen LogP contribution < -0.4 is 10.2 Å². The Morgan fingerprint density at radius 2 is 1.53 bits per heavy atom. The van der Waals surface area contributed by atoms with Crippen LogP contribution >= 0.6 is 0 Å². The topological polar surface area (TPSA) is 52.7 Å². The number of halogens is 2. The molecule has 1 N–H and O–H groups in total. The maximum Gasteiger partial charge on any atom is 0.255 e. The maximum atomic E-state index is 13.8. The monoisotopic (exact) mass is 465 g/mol. The summed E-state index contributed by atoms with van der Waals surface area (Å²) in [7, 11) is 3.79. The molecule has 3 aromatic carbocycles. The molecule has 34 heavy (non-hydrogen) atoms. The summed E-state index contributed by atoms with van der Waals surface area (Å²) >= 11 is 0. The quantitative estimate of drug-likeness (QED) is 0.463. The highest BCUT2D eigenvalue weighted by molar-refractivity contribution is 6.04. The third-order valence-electron chi connectivity index (χ3n) is 5.70. The highest BCUT2D eigenvalue weighted by Crippen LogP contribution is 2.27. The molecular weight excluding hydrogens is 436 g/mol. The number of hydrogen-bond acceptors (Lipinski definition) is 3. The summed E-state index contributed by atoms with van der Waals surface area (Å²) in [6, 6.07) is 16.5. The van der Waals surface area contributed by atoms with Crippen molar-refractivity contribution in [3.8, 4) is 0 Å². The van der Waals surface area contributed by atoms with Crippen LogP contribution in [-0.4, -0.2) is 36.9 Å². The normalized spacial score (nSPS) is 11.6. The molecule has 3 aromatic rings. The van der Waals surface area contributed by atoms with Gasteiger partial charge in [0.05, 0.1) is 0 Å². The van der Waals surface area contributed by atoms with Crippen molar-refractivity contribution in [1.82, 2.24) is 4.90 Å². The van der Waals surface area contributed by atoms with Gasteiger partial charge in [0.2, 0.25) is 0 Å². The van der Waals surface area contributed by atoms with Crippen LogP contribution in [0.4, 0.5) is 20.2 Å². The Kier molecular flexibility index (Phi) is 7.99. The van der Waals surface area contributed by atoms with E-state index in [1.807, 2.05) is 38.9 Å². The van der Waals surface area contributed by atoms with Gasteiger partial charge in [0.15, 0.2) is 0 Å². The van der Waals surface area contributed by atoms with E-state index in [1.54, 1.807) is 23.1 Å². The average molecular weight is 466 g/mol. The standard InChI is InChI=1S/C27H29F2N3O2/c1-5-18(2)32(27(34)20-9-7-11-23(29)15-20)17-21-16-24(12-13-25(21)31(3)4)30-26(33)19-8-6-10-22(28)14-19/h6-16,18H,5,17H2,1-4H3,(H,30,33). The summed E-state index contributed by atoms with van der Waals surface area (Å²) in [6.45, 7) is 4.20. The molecule has 0 radical (unpaired) electrons. The zero-order valence-corrected chi connectivity index (χ0v) is 19.8. The van der Waals surface area contributed by atoms with Gasteiger partial charge in [-0.3, -0.25) is 9.59 Å². The van der Waals surface area contributed by atoms with E-state index in [4.69, 9.17) is 0 Å². The van der Waals surface area contributed by atoms with Gasteiger partial charge in [-0.25, -0.2) is 8.78 Å². The lowest BCUT2D eigenvalue weighted by molar-refractivity contribution is 0.0671. The van der Waals surface area contributed by atoms with Crippen LogP contribution in [0.3, 0.4) is 0 Å².